The molecule has 1 aromatic rings. The molecule has 6 heteroatoms. The monoisotopic (exact) mass is 286 g/mol. The zero-order chi connectivity index (χ0) is 12.5. The predicted octanol–water partition coefficient (Wildman–Crippen LogP) is 2.46. The number of carbonyl (C=O) groups is 1. The van der Waals surface area contributed by atoms with Gasteiger partial charge in [0.2, 0.25) is 0 Å². The number of hydrogen-bond acceptors (Lipinski definition) is 3. The van der Waals surface area contributed by atoms with Crippen LogP contribution in [0, 0.1) is 5.82 Å². The number of nitrogens with zero attached hydrogens (tertiary/aromatic N) is 1. The normalized spacial score (nSPS) is 19.4. The number of amides is 1. The van der Waals surface area contributed by atoms with Crippen LogP contribution in [0.2, 0.25) is 0 Å². The first-order valence-corrected chi connectivity index (χ1v) is 6.21. The van der Waals surface area contributed by atoms with Gasteiger partial charge in [-0.05, 0) is 32.0 Å². The van der Waals surface area contributed by atoms with Gasteiger partial charge in [-0.2, -0.15) is 0 Å². The summed E-state index contributed by atoms with van der Waals surface area (Å²) in [5, 5.41) is 3.23. The van der Waals surface area contributed by atoms with Crippen LogP contribution in [0.3, 0.4) is 0 Å². The number of halogens is 2. The van der Waals surface area contributed by atoms with E-state index in [0.717, 1.165) is 31.5 Å². The molecule has 2 heterocycles. The molecule has 1 fully saturated rings. The van der Waals surface area contributed by atoms with Gasteiger partial charge in [0.05, 0.1) is 5.69 Å². The molecule has 104 valence electrons. The van der Waals surface area contributed by atoms with E-state index in [4.69, 9.17) is 4.74 Å². The Morgan fingerprint density at radius 3 is 2.79 bits per heavy atom. The van der Waals surface area contributed by atoms with E-state index in [9.17, 15) is 9.18 Å². The van der Waals surface area contributed by atoms with Gasteiger partial charge < -0.3 is 10.1 Å². The topological polar surface area (TPSA) is 41.6 Å². The van der Waals surface area contributed by atoms with Gasteiger partial charge in [-0.25, -0.2) is 9.18 Å². The molecule has 2 aliphatic heterocycles. The molecule has 0 aliphatic carbocycles. The Bertz CT molecular complexity index is 478. The van der Waals surface area contributed by atoms with Crippen molar-refractivity contribution in [3.8, 4) is 0 Å². The minimum atomic E-state index is -0.431. The van der Waals surface area contributed by atoms with Gasteiger partial charge in [0, 0.05) is 11.6 Å². The number of rotatable bonds is 1. The van der Waals surface area contributed by atoms with Crippen LogP contribution in [0.5, 0.6) is 0 Å². The summed E-state index contributed by atoms with van der Waals surface area (Å²) < 4.78 is 19.1. The van der Waals surface area contributed by atoms with E-state index in [1.165, 1.54) is 11.0 Å². The largest absolute Gasteiger partial charge is 0.444 e. The molecule has 0 spiro atoms. The number of hydrogen-bond donors (Lipinski definition) is 1. The fourth-order valence-electron chi connectivity index (χ4n) is 2.64. The number of ether oxygens (including phenoxy) is 1. The first-order valence-electron chi connectivity index (χ1n) is 6.21. The first kappa shape index (κ1) is 14.1. The average Bonchev–Trinajstić information content (AvgIpc) is 2.40. The number of fused-ring (bicyclic) bond motifs is 1. The van der Waals surface area contributed by atoms with E-state index >= 15 is 0 Å². The van der Waals surface area contributed by atoms with Crippen LogP contribution in [0.15, 0.2) is 18.2 Å². The van der Waals surface area contributed by atoms with Crippen LogP contribution in [0.4, 0.5) is 14.9 Å². The average molecular weight is 287 g/mol. The minimum Gasteiger partial charge on any atom is -0.444 e. The smallest absolute Gasteiger partial charge is 0.414 e. The Morgan fingerprint density at radius 2 is 2.05 bits per heavy atom. The van der Waals surface area contributed by atoms with Gasteiger partial charge in [-0.3, -0.25) is 4.90 Å². The number of nitrogens with one attached hydrogen (secondary N) is 1. The molecule has 0 saturated carbocycles. The molecule has 1 aromatic carbocycles. The van der Waals surface area contributed by atoms with Crippen molar-refractivity contribution >= 4 is 24.2 Å². The second-order valence-corrected chi connectivity index (χ2v) is 4.65. The fourth-order valence-corrected chi connectivity index (χ4v) is 2.64. The highest BCUT2D eigenvalue weighted by Crippen LogP contribution is 2.33. The number of cyclic esters (lactones) is 1. The number of benzene rings is 1. The maximum absolute atomic E-state index is 14.0. The fraction of sp³-hybridized carbons (Fsp3) is 0.462. The van der Waals surface area contributed by atoms with Crippen LogP contribution in [-0.2, 0) is 11.3 Å². The maximum atomic E-state index is 14.0. The Hall–Kier alpha value is -1.33. The second kappa shape index (κ2) is 5.75. The van der Waals surface area contributed by atoms with E-state index < -0.39 is 6.09 Å². The minimum absolute atomic E-state index is 0. The van der Waals surface area contributed by atoms with Crippen LogP contribution in [0.25, 0.3) is 0 Å². The molecule has 3 rings (SSSR count). The standard InChI is InChI=1S/C13H15FN2O2.ClH/c14-11-3-1-2-9-8-18-13(17)16(12(9)11)10-4-6-15-7-5-10;/h1-3,10,15H,4-8H2;1H. The Morgan fingerprint density at radius 1 is 1.32 bits per heavy atom. The summed E-state index contributed by atoms with van der Waals surface area (Å²) in [7, 11) is 0. The third-order valence-electron chi connectivity index (χ3n) is 3.53. The molecule has 1 saturated heterocycles. The molecule has 1 N–H and O–H groups in total. The van der Waals surface area contributed by atoms with Crippen molar-refractivity contribution in [1.82, 2.24) is 5.32 Å². The highest BCUT2D eigenvalue weighted by molar-refractivity contribution is 5.91. The molecule has 4 nitrogen and oxygen atoms in total. The van der Waals surface area contributed by atoms with Crippen LogP contribution < -0.4 is 10.2 Å². The van der Waals surface area contributed by atoms with Crippen molar-refractivity contribution in [2.24, 2.45) is 0 Å². The van der Waals surface area contributed by atoms with Crippen molar-refractivity contribution in [2.45, 2.75) is 25.5 Å². The number of carbonyl (C=O) groups excluding carboxylic acids is 1. The lowest BCUT2D eigenvalue weighted by molar-refractivity contribution is 0.136. The van der Waals surface area contributed by atoms with E-state index in [1.807, 2.05) is 0 Å². The lowest BCUT2D eigenvalue weighted by Gasteiger charge is -2.37. The van der Waals surface area contributed by atoms with Gasteiger partial charge in [-0.1, -0.05) is 12.1 Å². The highest BCUT2D eigenvalue weighted by atomic mass is 35.5. The summed E-state index contributed by atoms with van der Waals surface area (Å²) in [5.41, 5.74) is 1.15. The van der Waals surface area contributed by atoms with Crippen molar-refractivity contribution in [3.05, 3.63) is 29.6 Å². The summed E-state index contributed by atoms with van der Waals surface area (Å²) in [6.07, 6.45) is 1.21. The van der Waals surface area contributed by atoms with Crippen molar-refractivity contribution < 1.29 is 13.9 Å². The summed E-state index contributed by atoms with van der Waals surface area (Å²) in [4.78, 5) is 13.4. The zero-order valence-electron chi connectivity index (χ0n) is 10.4. The Kier molecular flexibility index (Phi) is 4.27. The molecular formula is C13H16ClFN2O2. The first-order chi connectivity index (χ1) is 8.77. The molecule has 2 aliphatic rings. The van der Waals surface area contributed by atoms with Gasteiger partial charge >= 0.3 is 6.09 Å². The maximum Gasteiger partial charge on any atom is 0.414 e. The molecule has 0 aromatic heterocycles. The quantitative estimate of drug-likeness (QED) is 0.862. The van der Waals surface area contributed by atoms with Crippen molar-refractivity contribution in [1.29, 1.82) is 0 Å². The lowest BCUT2D eigenvalue weighted by atomic mass is 10.0. The van der Waals surface area contributed by atoms with Gasteiger partial charge in [0.1, 0.15) is 12.4 Å². The summed E-state index contributed by atoms with van der Waals surface area (Å²) in [6, 6.07) is 4.87. The zero-order valence-corrected chi connectivity index (χ0v) is 11.2. The molecule has 0 unspecified atom stereocenters. The van der Waals surface area contributed by atoms with Crippen LogP contribution >= 0.6 is 12.4 Å². The molecule has 19 heavy (non-hydrogen) atoms. The van der Waals surface area contributed by atoms with E-state index in [0.29, 0.717) is 5.69 Å². The summed E-state index contributed by atoms with van der Waals surface area (Å²) in [5.74, 6) is -0.345. The lowest BCUT2D eigenvalue weighted by Crippen LogP contribution is -2.48. The SMILES string of the molecule is Cl.O=C1OCc2cccc(F)c2N1C1CCNCC1. The van der Waals surface area contributed by atoms with Crippen LogP contribution in [0.1, 0.15) is 18.4 Å². The third kappa shape index (κ3) is 2.53. The number of piperidine rings is 1. The molecule has 0 radical (unpaired) electrons. The summed E-state index contributed by atoms with van der Waals surface area (Å²) >= 11 is 0. The molecular weight excluding hydrogens is 271 g/mol. The molecule has 0 bridgehead atoms. The Balaban J connectivity index is 0.00000133. The molecule has 1 amide bonds. The van der Waals surface area contributed by atoms with Crippen molar-refractivity contribution in [3.63, 3.8) is 0 Å². The summed E-state index contributed by atoms with van der Waals surface area (Å²) in [6.45, 7) is 1.85. The predicted molar refractivity (Wildman–Crippen MR) is 72.2 cm³/mol. The van der Waals surface area contributed by atoms with Gasteiger partial charge in [0.25, 0.3) is 0 Å². The van der Waals surface area contributed by atoms with Gasteiger partial charge in [0.15, 0.2) is 0 Å². The third-order valence-corrected chi connectivity index (χ3v) is 3.53. The van der Waals surface area contributed by atoms with Crippen LogP contribution in [-0.4, -0.2) is 25.2 Å². The Labute approximate surface area is 117 Å². The van der Waals surface area contributed by atoms with Crippen molar-refractivity contribution in [2.75, 3.05) is 18.0 Å². The second-order valence-electron chi connectivity index (χ2n) is 4.65. The number of anilines is 1. The van der Waals surface area contributed by atoms with Gasteiger partial charge in [-0.15, -0.1) is 12.4 Å². The number of para-hydroxylation sites is 1. The highest BCUT2D eigenvalue weighted by Gasteiger charge is 2.34. The van der Waals surface area contributed by atoms with E-state index in [-0.39, 0.29) is 30.9 Å². The van der Waals surface area contributed by atoms with E-state index in [2.05, 4.69) is 5.32 Å². The molecule has 0 atom stereocenters. The van der Waals surface area contributed by atoms with E-state index in [1.54, 1.807) is 12.1 Å².